The summed E-state index contributed by atoms with van der Waals surface area (Å²) in [6.45, 7) is 6.98. The first kappa shape index (κ1) is 16.5. The van der Waals surface area contributed by atoms with Gasteiger partial charge in [0.2, 0.25) is 5.91 Å². The Labute approximate surface area is 122 Å². The molecule has 0 aliphatic heterocycles. The summed E-state index contributed by atoms with van der Waals surface area (Å²) in [7, 11) is 1.49. The summed E-state index contributed by atoms with van der Waals surface area (Å²) in [6, 6.07) is 0.204. The highest BCUT2D eigenvalue weighted by molar-refractivity contribution is 7.99. The number of thioether (sulfide) groups is 1. The number of carbonyl (C=O) groups excluding carboxylic acids is 1. The number of aromatic nitrogens is 3. The van der Waals surface area contributed by atoms with E-state index < -0.39 is 11.5 Å². The van der Waals surface area contributed by atoms with Crippen molar-refractivity contribution in [3.05, 3.63) is 6.33 Å². The molecule has 8 heteroatoms. The van der Waals surface area contributed by atoms with Crippen LogP contribution in [0.2, 0.25) is 0 Å². The Bertz CT molecular complexity index is 499. The molecule has 0 atom stereocenters. The lowest BCUT2D eigenvalue weighted by atomic mass is 10.0. The van der Waals surface area contributed by atoms with Crippen LogP contribution in [0.1, 0.15) is 33.7 Å². The molecule has 1 aromatic heterocycles. The fourth-order valence-electron chi connectivity index (χ4n) is 1.37. The van der Waals surface area contributed by atoms with Crippen molar-refractivity contribution < 1.29 is 14.7 Å². The molecule has 1 amide bonds. The Kier molecular flexibility index (Phi) is 5.15. The Balaban J connectivity index is 2.68. The first-order valence-corrected chi connectivity index (χ1v) is 7.18. The van der Waals surface area contributed by atoms with E-state index in [1.807, 2.05) is 18.4 Å². The van der Waals surface area contributed by atoms with E-state index >= 15 is 0 Å². The van der Waals surface area contributed by atoms with Crippen LogP contribution in [0.4, 0.5) is 0 Å². The number of nitrogens with zero attached hydrogens (tertiary/aromatic N) is 4. The molecule has 0 saturated carbocycles. The second kappa shape index (κ2) is 6.25. The molecular weight excluding hydrogens is 280 g/mol. The largest absolute Gasteiger partial charge is 0.480 e. The normalized spacial score (nSPS) is 11.7. The maximum absolute atomic E-state index is 12.1. The Morgan fingerprint density at radius 3 is 2.60 bits per heavy atom. The molecule has 1 N–H and O–H groups in total. The van der Waals surface area contributed by atoms with Crippen LogP contribution in [-0.2, 0) is 9.59 Å². The van der Waals surface area contributed by atoms with Gasteiger partial charge in [0.05, 0.1) is 5.75 Å². The van der Waals surface area contributed by atoms with Gasteiger partial charge < -0.3 is 14.6 Å². The molecule has 0 aliphatic rings. The maximum atomic E-state index is 12.1. The van der Waals surface area contributed by atoms with Gasteiger partial charge in [-0.2, -0.15) is 0 Å². The minimum absolute atomic E-state index is 0.124. The van der Waals surface area contributed by atoms with Crippen molar-refractivity contribution in [2.24, 2.45) is 0 Å². The predicted molar refractivity (Wildman–Crippen MR) is 75.6 cm³/mol. The van der Waals surface area contributed by atoms with Crippen LogP contribution in [0.25, 0.3) is 0 Å². The maximum Gasteiger partial charge on any atom is 0.329 e. The van der Waals surface area contributed by atoms with Crippen molar-refractivity contribution in [3.8, 4) is 0 Å². The van der Waals surface area contributed by atoms with Crippen molar-refractivity contribution in [1.82, 2.24) is 19.7 Å². The van der Waals surface area contributed by atoms with Crippen molar-refractivity contribution >= 4 is 23.6 Å². The number of carbonyl (C=O) groups is 2. The summed E-state index contributed by atoms with van der Waals surface area (Å²) in [5, 5.41) is 17.5. The molecular formula is C12H20N4O3S. The zero-order chi connectivity index (χ0) is 15.5. The van der Waals surface area contributed by atoms with Crippen LogP contribution in [0.5, 0.6) is 0 Å². The molecule has 0 fully saturated rings. The van der Waals surface area contributed by atoms with Gasteiger partial charge in [-0.25, -0.2) is 4.79 Å². The minimum atomic E-state index is -1.23. The minimum Gasteiger partial charge on any atom is -0.480 e. The van der Waals surface area contributed by atoms with Crippen molar-refractivity contribution in [2.75, 3.05) is 12.8 Å². The van der Waals surface area contributed by atoms with Crippen LogP contribution >= 0.6 is 11.8 Å². The van der Waals surface area contributed by atoms with E-state index in [4.69, 9.17) is 5.11 Å². The summed E-state index contributed by atoms with van der Waals surface area (Å²) in [4.78, 5) is 24.4. The van der Waals surface area contributed by atoms with E-state index in [0.717, 1.165) is 0 Å². The zero-order valence-electron chi connectivity index (χ0n) is 12.3. The number of aliphatic carboxylic acids is 1. The van der Waals surface area contributed by atoms with Crippen molar-refractivity contribution in [2.45, 2.75) is 44.4 Å². The fraction of sp³-hybridized carbons (Fsp3) is 0.667. The molecule has 1 aromatic rings. The first-order chi connectivity index (χ1) is 9.17. The number of hydrogen-bond acceptors (Lipinski definition) is 5. The number of amides is 1. The highest BCUT2D eigenvalue weighted by atomic mass is 32.2. The number of rotatable bonds is 6. The van der Waals surface area contributed by atoms with Crippen LogP contribution in [-0.4, -0.2) is 55.0 Å². The molecule has 0 saturated heterocycles. The van der Waals surface area contributed by atoms with Crippen molar-refractivity contribution in [1.29, 1.82) is 0 Å². The summed E-state index contributed by atoms with van der Waals surface area (Å²) in [5.74, 6) is -1.18. The molecule has 20 heavy (non-hydrogen) atoms. The van der Waals surface area contributed by atoms with Gasteiger partial charge in [-0.05, 0) is 27.7 Å². The number of carboxylic acid groups (broad SMARTS) is 1. The van der Waals surface area contributed by atoms with E-state index in [1.54, 1.807) is 6.33 Å². The Morgan fingerprint density at radius 1 is 1.50 bits per heavy atom. The molecule has 1 rings (SSSR count). The Morgan fingerprint density at radius 2 is 2.10 bits per heavy atom. The molecule has 112 valence electrons. The summed E-state index contributed by atoms with van der Waals surface area (Å²) in [6.07, 6.45) is 1.61. The lowest BCUT2D eigenvalue weighted by Gasteiger charge is -2.31. The second-order valence-corrected chi connectivity index (χ2v) is 6.16. The molecule has 0 radical (unpaired) electrons. The number of likely N-dealkylation sites (N-methyl/N-ethyl adjacent to an activating group) is 1. The van der Waals surface area contributed by atoms with Crippen LogP contribution in [0.15, 0.2) is 11.5 Å². The van der Waals surface area contributed by atoms with Gasteiger partial charge in [0.15, 0.2) is 5.16 Å². The van der Waals surface area contributed by atoms with E-state index in [2.05, 4.69) is 10.2 Å². The quantitative estimate of drug-likeness (QED) is 0.796. The average molecular weight is 300 g/mol. The zero-order valence-corrected chi connectivity index (χ0v) is 13.1. The van der Waals surface area contributed by atoms with Gasteiger partial charge in [0, 0.05) is 13.1 Å². The number of hydrogen-bond donors (Lipinski definition) is 1. The molecule has 0 aliphatic carbocycles. The monoisotopic (exact) mass is 300 g/mol. The van der Waals surface area contributed by atoms with E-state index in [0.29, 0.717) is 5.16 Å². The number of carboxylic acids is 1. The molecule has 0 spiro atoms. The van der Waals surface area contributed by atoms with Crippen LogP contribution in [0.3, 0.4) is 0 Å². The molecule has 7 nitrogen and oxygen atoms in total. The van der Waals surface area contributed by atoms with Gasteiger partial charge in [-0.1, -0.05) is 11.8 Å². The smallest absolute Gasteiger partial charge is 0.329 e. The summed E-state index contributed by atoms with van der Waals surface area (Å²) in [5.41, 5.74) is -1.23. The third kappa shape index (κ3) is 3.50. The van der Waals surface area contributed by atoms with E-state index in [9.17, 15) is 9.59 Å². The SMILES string of the molecule is CC(C)n1cnnc1SCC(=O)N(C)C(C)(C)C(=O)O. The van der Waals surface area contributed by atoms with Gasteiger partial charge in [-0.15, -0.1) is 10.2 Å². The van der Waals surface area contributed by atoms with E-state index in [-0.39, 0.29) is 17.7 Å². The third-order valence-electron chi connectivity index (χ3n) is 3.16. The lowest BCUT2D eigenvalue weighted by molar-refractivity contribution is -0.154. The average Bonchev–Trinajstić information content (AvgIpc) is 2.83. The summed E-state index contributed by atoms with van der Waals surface area (Å²) >= 11 is 1.25. The molecule has 0 unspecified atom stereocenters. The van der Waals surface area contributed by atoms with Crippen molar-refractivity contribution in [3.63, 3.8) is 0 Å². The Hall–Kier alpha value is -1.57. The standard InChI is InChI=1S/C12H20N4O3S/c1-8(2)16-7-13-14-11(16)20-6-9(17)15(5)12(3,4)10(18)19/h7-8H,6H2,1-5H3,(H,18,19). The van der Waals surface area contributed by atoms with Gasteiger partial charge in [0.1, 0.15) is 11.9 Å². The summed E-state index contributed by atoms with van der Waals surface area (Å²) < 4.78 is 1.86. The van der Waals surface area contributed by atoms with Gasteiger partial charge in [-0.3, -0.25) is 4.79 Å². The lowest BCUT2D eigenvalue weighted by Crippen LogP contribution is -2.51. The van der Waals surface area contributed by atoms with Gasteiger partial charge in [0.25, 0.3) is 0 Å². The third-order valence-corrected chi connectivity index (χ3v) is 4.10. The first-order valence-electron chi connectivity index (χ1n) is 6.20. The molecule has 0 aromatic carbocycles. The topological polar surface area (TPSA) is 88.3 Å². The predicted octanol–water partition coefficient (Wildman–Crippen LogP) is 1.27. The molecule has 0 bridgehead atoms. The second-order valence-electron chi connectivity index (χ2n) is 5.22. The highest BCUT2D eigenvalue weighted by Crippen LogP contribution is 2.21. The van der Waals surface area contributed by atoms with Crippen LogP contribution in [0, 0.1) is 0 Å². The fourth-order valence-corrected chi connectivity index (χ4v) is 2.33. The van der Waals surface area contributed by atoms with E-state index in [1.165, 1.54) is 37.6 Å². The highest BCUT2D eigenvalue weighted by Gasteiger charge is 2.35. The van der Waals surface area contributed by atoms with Crippen LogP contribution < -0.4 is 0 Å². The van der Waals surface area contributed by atoms with Gasteiger partial charge >= 0.3 is 5.97 Å². The molecule has 1 heterocycles.